The maximum atomic E-state index is 12.2. The Hall–Kier alpha value is -2.53. The van der Waals surface area contributed by atoms with Gasteiger partial charge in [-0.1, -0.05) is 35.4 Å². The van der Waals surface area contributed by atoms with E-state index >= 15 is 0 Å². The van der Waals surface area contributed by atoms with Crippen LogP contribution >= 0.6 is 11.6 Å². The third-order valence-electron chi connectivity index (χ3n) is 3.89. The fraction of sp³-hybridized carbons (Fsp3) is 0.222. The minimum atomic E-state index is -0.346. The first-order valence-electron chi connectivity index (χ1n) is 7.71. The molecule has 0 spiro atoms. The molecule has 3 rings (SSSR count). The zero-order valence-corrected chi connectivity index (χ0v) is 14.0. The highest BCUT2D eigenvalue weighted by Gasteiger charge is 2.31. The fourth-order valence-electron chi connectivity index (χ4n) is 2.70. The molecule has 6 heteroatoms. The van der Waals surface area contributed by atoms with Gasteiger partial charge in [0.2, 0.25) is 5.91 Å². The first-order valence-corrected chi connectivity index (χ1v) is 8.09. The topological polar surface area (TPSA) is 61.4 Å². The quantitative estimate of drug-likeness (QED) is 0.894. The van der Waals surface area contributed by atoms with Gasteiger partial charge in [0.15, 0.2) is 0 Å². The van der Waals surface area contributed by atoms with Gasteiger partial charge in [0, 0.05) is 29.4 Å². The minimum absolute atomic E-state index is 0.00640. The molecular weight excluding hydrogens is 326 g/mol. The van der Waals surface area contributed by atoms with E-state index in [1.54, 1.807) is 29.2 Å². The predicted molar refractivity (Wildman–Crippen MR) is 95.5 cm³/mol. The number of anilines is 2. The van der Waals surface area contributed by atoms with Crippen molar-refractivity contribution in [3.05, 3.63) is 59.1 Å². The third kappa shape index (κ3) is 3.86. The van der Waals surface area contributed by atoms with Crippen LogP contribution in [0.4, 0.5) is 16.2 Å². The molecule has 2 aromatic rings. The van der Waals surface area contributed by atoms with Crippen molar-refractivity contribution in [1.82, 2.24) is 5.32 Å². The summed E-state index contributed by atoms with van der Waals surface area (Å²) in [4.78, 5) is 26.0. The Morgan fingerprint density at radius 2 is 1.96 bits per heavy atom. The number of halogens is 1. The lowest BCUT2D eigenvalue weighted by molar-refractivity contribution is -0.117. The van der Waals surface area contributed by atoms with Crippen LogP contribution in [0, 0.1) is 6.92 Å². The van der Waals surface area contributed by atoms with Crippen molar-refractivity contribution < 1.29 is 9.59 Å². The van der Waals surface area contributed by atoms with Crippen molar-refractivity contribution in [3.63, 3.8) is 0 Å². The molecule has 0 aliphatic carbocycles. The number of aryl methyl sites for hydroxylation is 1. The molecule has 1 heterocycles. The maximum absolute atomic E-state index is 12.2. The molecule has 1 atom stereocenters. The van der Waals surface area contributed by atoms with Gasteiger partial charge in [-0.15, -0.1) is 0 Å². The third-order valence-corrected chi connectivity index (χ3v) is 4.12. The molecule has 2 N–H and O–H groups in total. The molecule has 0 aromatic heterocycles. The number of rotatable bonds is 3. The van der Waals surface area contributed by atoms with Gasteiger partial charge in [-0.2, -0.15) is 0 Å². The van der Waals surface area contributed by atoms with Crippen LogP contribution in [-0.4, -0.2) is 24.5 Å². The van der Waals surface area contributed by atoms with Crippen LogP contribution in [0.3, 0.4) is 0 Å². The van der Waals surface area contributed by atoms with Crippen LogP contribution < -0.4 is 15.5 Å². The van der Waals surface area contributed by atoms with Crippen molar-refractivity contribution in [2.24, 2.45) is 0 Å². The van der Waals surface area contributed by atoms with Gasteiger partial charge in [-0.25, -0.2) is 4.79 Å². The molecule has 0 radical (unpaired) electrons. The summed E-state index contributed by atoms with van der Waals surface area (Å²) in [6.45, 7) is 2.46. The average Bonchev–Trinajstić information content (AvgIpc) is 2.88. The predicted octanol–water partition coefficient (Wildman–Crippen LogP) is 3.58. The highest BCUT2D eigenvalue weighted by atomic mass is 35.5. The Morgan fingerprint density at radius 3 is 2.67 bits per heavy atom. The summed E-state index contributed by atoms with van der Waals surface area (Å²) in [6, 6.07) is 14.1. The van der Waals surface area contributed by atoms with E-state index in [0.29, 0.717) is 17.3 Å². The van der Waals surface area contributed by atoms with E-state index in [2.05, 4.69) is 10.6 Å². The van der Waals surface area contributed by atoms with Crippen molar-refractivity contribution in [2.75, 3.05) is 16.8 Å². The zero-order chi connectivity index (χ0) is 17.1. The molecule has 1 fully saturated rings. The lowest BCUT2D eigenvalue weighted by Crippen LogP contribution is -2.39. The first kappa shape index (κ1) is 16.3. The summed E-state index contributed by atoms with van der Waals surface area (Å²) in [6.07, 6.45) is 0.289. The van der Waals surface area contributed by atoms with Gasteiger partial charge < -0.3 is 15.5 Å². The van der Waals surface area contributed by atoms with Gasteiger partial charge in [-0.05, 0) is 37.3 Å². The van der Waals surface area contributed by atoms with Gasteiger partial charge in [0.25, 0.3) is 0 Å². The SMILES string of the molecule is Cc1ccc(N2C[C@@H](NC(=O)Nc3cccc(Cl)c3)CC2=O)cc1. The second-order valence-electron chi connectivity index (χ2n) is 5.85. The number of hydrogen-bond acceptors (Lipinski definition) is 2. The Bertz CT molecular complexity index is 761. The van der Waals surface area contributed by atoms with E-state index in [1.165, 1.54) is 0 Å². The van der Waals surface area contributed by atoms with E-state index in [1.807, 2.05) is 31.2 Å². The molecule has 5 nitrogen and oxygen atoms in total. The van der Waals surface area contributed by atoms with Crippen LogP contribution in [0.15, 0.2) is 48.5 Å². The lowest BCUT2D eigenvalue weighted by Gasteiger charge is -2.17. The molecule has 24 heavy (non-hydrogen) atoms. The number of hydrogen-bond donors (Lipinski definition) is 2. The van der Waals surface area contributed by atoms with Crippen LogP contribution in [0.5, 0.6) is 0 Å². The molecule has 1 saturated heterocycles. The monoisotopic (exact) mass is 343 g/mol. The van der Waals surface area contributed by atoms with Crippen LogP contribution in [0.1, 0.15) is 12.0 Å². The summed E-state index contributed by atoms with van der Waals surface area (Å²) in [5.41, 5.74) is 2.60. The van der Waals surface area contributed by atoms with E-state index in [9.17, 15) is 9.59 Å². The standard InChI is InChI=1S/C18H18ClN3O2/c1-12-5-7-16(8-6-12)22-11-15(10-17(22)23)21-18(24)20-14-4-2-3-13(19)9-14/h2-9,15H,10-11H2,1H3,(H2,20,21,24)/t15-/m0/s1. The second-order valence-corrected chi connectivity index (χ2v) is 6.29. The van der Waals surface area contributed by atoms with Crippen LogP contribution in [0.2, 0.25) is 5.02 Å². The summed E-state index contributed by atoms with van der Waals surface area (Å²) in [7, 11) is 0. The molecule has 2 aromatic carbocycles. The average molecular weight is 344 g/mol. The van der Waals surface area contributed by atoms with Crippen molar-refractivity contribution in [1.29, 1.82) is 0 Å². The highest BCUT2D eigenvalue weighted by Crippen LogP contribution is 2.22. The van der Waals surface area contributed by atoms with Crippen molar-refractivity contribution >= 4 is 34.9 Å². The second kappa shape index (κ2) is 6.93. The molecule has 124 valence electrons. The van der Waals surface area contributed by atoms with E-state index < -0.39 is 0 Å². The molecule has 0 saturated carbocycles. The van der Waals surface area contributed by atoms with Gasteiger partial charge in [0.1, 0.15) is 0 Å². The molecular formula is C18H18ClN3O2. The Kier molecular flexibility index (Phi) is 4.71. The lowest BCUT2D eigenvalue weighted by atomic mass is 10.2. The molecule has 1 aliphatic heterocycles. The first-order chi connectivity index (χ1) is 11.5. The van der Waals surface area contributed by atoms with E-state index in [4.69, 9.17) is 11.6 Å². The largest absolute Gasteiger partial charge is 0.333 e. The summed E-state index contributed by atoms with van der Waals surface area (Å²) >= 11 is 5.89. The minimum Gasteiger partial charge on any atom is -0.333 e. The number of urea groups is 1. The fourth-order valence-corrected chi connectivity index (χ4v) is 2.89. The van der Waals surface area contributed by atoms with Crippen molar-refractivity contribution in [3.8, 4) is 0 Å². The molecule has 0 bridgehead atoms. The normalized spacial score (nSPS) is 17.0. The number of nitrogens with zero attached hydrogens (tertiary/aromatic N) is 1. The van der Waals surface area contributed by atoms with Crippen LogP contribution in [0.25, 0.3) is 0 Å². The molecule has 3 amide bonds. The van der Waals surface area contributed by atoms with Gasteiger partial charge >= 0.3 is 6.03 Å². The van der Waals surface area contributed by atoms with E-state index in [0.717, 1.165) is 11.3 Å². The zero-order valence-electron chi connectivity index (χ0n) is 13.3. The summed E-state index contributed by atoms with van der Waals surface area (Å²) < 4.78 is 0. The Balaban J connectivity index is 1.59. The number of carbonyl (C=O) groups excluding carboxylic acids is 2. The molecule has 0 unspecified atom stereocenters. The summed E-state index contributed by atoms with van der Waals surface area (Å²) in [5, 5.41) is 6.11. The maximum Gasteiger partial charge on any atom is 0.319 e. The van der Waals surface area contributed by atoms with Crippen LogP contribution in [-0.2, 0) is 4.79 Å². The molecule has 1 aliphatic rings. The number of amides is 3. The summed E-state index contributed by atoms with van der Waals surface area (Å²) in [5.74, 6) is 0.00640. The van der Waals surface area contributed by atoms with Gasteiger partial charge in [0.05, 0.1) is 6.04 Å². The number of carbonyl (C=O) groups is 2. The van der Waals surface area contributed by atoms with Gasteiger partial charge in [-0.3, -0.25) is 4.79 Å². The Morgan fingerprint density at radius 1 is 1.21 bits per heavy atom. The van der Waals surface area contributed by atoms with Crippen molar-refractivity contribution in [2.45, 2.75) is 19.4 Å². The van der Waals surface area contributed by atoms with E-state index in [-0.39, 0.29) is 24.4 Å². The highest BCUT2D eigenvalue weighted by molar-refractivity contribution is 6.30. The smallest absolute Gasteiger partial charge is 0.319 e. The number of benzene rings is 2. The number of nitrogens with one attached hydrogen (secondary N) is 2. The Labute approximate surface area is 145 Å².